The van der Waals surface area contributed by atoms with Crippen molar-refractivity contribution in [3.63, 3.8) is 0 Å². The quantitative estimate of drug-likeness (QED) is 0.0545. The van der Waals surface area contributed by atoms with E-state index in [0.717, 1.165) is 50.7 Å². The van der Waals surface area contributed by atoms with Gasteiger partial charge >= 0.3 is 5.97 Å². The van der Waals surface area contributed by atoms with Gasteiger partial charge in [-0.15, -0.1) is 11.8 Å². The molecule has 2 rings (SSSR count). The predicted molar refractivity (Wildman–Crippen MR) is 219 cm³/mol. The molecule has 49 heavy (non-hydrogen) atoms. The third-order valence-electron chi connectivity index (χ3n) is 11.3. The van der Waals surface area contributed by atoms with E-state index in [-0.39, 0.29) is 34.2 Å². The fraction of sp³-hybridized carbons (Fsp3) is 0.738. The lowest BCUT2D eigenvalue weighted by Gasteiger charge is -2.40. The van der Waals surface area contributed by atoms with Crippen LogP contribution in [-0.4, -0.2) is 47.7 Å². The van der Waals surface area contributed by atoms with Crippen molar-refractivity contribution >= 4 is 34.4 Å². The zero-order chi connectivity index (χ0) is 36.9. The molecule has 0 bridgehead atoms. The molecule has 1 aromatic carbocycles. The number of rotatable bonds is 21. The molecule has 0 saturated carbocycles. The maximum Gasteiger partial charge on any atom is 0.305 e. The number of benzene rings is 1. The Hall–Kier alpha value is -1.13. The summed E-state index contributed by atoms with van der Waals surface area (Å²) in [5.74, 6) is 1.80. The second-order valence-electron chi connectivity index (χ2n) is 17.6. The summed E-state index contributed by atoms with van der Waals surface area (Å²) in [5.41, 5.74) is 2.96. The molecule has 1 aliphatic carbocycles. The lowest BCUT2D eigenvalue weighted by Crippen LogP contribution is -2.45. The number of esters is 1. The molecule has 0 aromatic heterocycles. The minimum absolute atomic E-state index is 0.108. The van der Waals surface area contributed by atoms with Gasteiger partial charge in [-0.3, -0.25) is 4.79 Å². The van der Waals surface area contributed by atoms with Crippen LogP contribution in [0, 0.1) is 11.8 Å². The zero-order valence-corrected chi connectivity index (χ0v) is 36.7. The lowest BCUT2D eigenvalue weighted by molar-refractivity contribution is -0.140. The molecule has 0 heterocycles. The van der Waals surface area contributed by atoms with Crippen LogP contribution in [0.25, 0.3) is 0 Å². The van der Waals surface area contributed by atoms with Crippen LogP contribution in [0.3, 0.4) is 0 Å². The standard InChI is InChI=1S/C42H74O4SSi2/c1-14-15-22-33(2)31-36(45-48(10,11)41(3,4)5)28-29-37-38(46-49(12,13)42(6,7)8)32-35(27-26-34-23-18-16-19-24-34)40(37)47-30-21-17-20-25-39(43)44-9/h16,18-19,23-24,28-29,33,36-38H,14-15,17,20-22,25-27,30-32H2,1-13H3/t33?,36?,37-,38+/m0/s1. The Bertz CT molecular complexity index is 1180. The van der Waals surface area contributed by atoms with Crippen molar-refractivity contribution in [3.05, 3.63) is 58.5 Å². The Kier molecular flexibility index (Phi) is 18.2. The average Bonchev–Trinajstić information content (AvgIpc) is 3.33. The summed E-state index contributed by atoms with van der Waals surface area (Å²) in [6, 6.07) is 10.9. The predicted octanol–water partition coefficient (Wildman–Crippen LogP) is 12.9. The third-order valence-corrected chi connectivity index (χ3v) is 21.7. The molecule has 2 unspecified atom stereocenters. The number of carbonyl (C=O) groups excluding carboxylic acids is 1. The summed E-state index contributed by atoms with van der Waals surface area (Å²) in [7, 11) is -2.52. The number of hydrogen-bond acceptors (Lipinski definition) is 5. The second kappa shape index (κ2) is 20.2. The van der Waals surface area contributed by atoms with E-state index in [4.69, 9.17) is 13.6 Å². The summed E-state index contributed by atoms with van der Waals surface area (Å²) < 4.78 is 19.4. The largest absolute Gasteiger partial charge is 0.469 e. The van der Waals surface area contributed by atoms with Gasteiger partial charge in [0.1, 0.15) is 0 Å². The Labute approximate surface area is 309 Å². The Morgan fingerprint density at radius 2 is 1.59 bits per heavy atom. The van der Waals surface area contributed by atoms with Crippen molar-refractivity contribution in [1.82, 2.24) is 0 Å². The van der Waals surface area contributed by atoms with Gasteiger partial charge in [-0.1, -0.05) is 129 Å². The van der Waals surface area contributed by atoms with Gasteiger partial charge in [0, 0.05) is 12.3 Å². The molecule has 7 heteroatoms. The van der Waals surface area contributed by atoms with Gasteiger partial charge in [-0.25, -0.2) is 0 Å². The highest BCUT2D eigenvalue weighted by Gasteiger charge is 2.44. The Balaban J connectivity index is 2.49. The van der Waals surface area contributed by atoms with E-state index >= 15 is 0 Å². The summed E-state index contributed by atoms with van der Waals surface area (Å²) in [6.45, 7) is 28.4. The van der Waals surface area contributed by atoms with Gasteiger partial charge in [0.2, 0.25) is 0 Å². The summed E-state index contributed by atoms with van der Waals surface area (Å²) in [5, 5.41) is 0.302. The zero-order valence-electron chi connectivity index (χ0n) is 33.9. The first-order chi connectivity index (χ1) is 22.8. The van der Waals surface area contributed by atoms with Crippen LogP contribution in [0.4, 0.5) is 0 Å². The number of hydrogen-bond donors (Lipinski definition) is 0. The number of ether oxygens (including phenoxy) is 1. The fourth-order valence-corrected chi connectivity index (χ4v) is 9.99. The van der Waals surface area contributed by atoms with Gasteiger partial charge in [0.25, 0.3) is 0 Å². The maximum absolute atomic E-state index is 11.7. The summed E-state index contributed by atoms with van der Waals surface area (Å²) >= 11 is 2.05. The molecule has 280 valence electrons. The SMILES string of the molecule is CCCCC(C)CC(C=C[C@@H]1C(SCCCCCC(=O)OC)=C(CCc2ccccc2)C[C@H]1O[Si](C)(C)C(C)(C)C)O[Si](C)(C)C(C)(C)C. The monoisotopic (exact) mass is 730 g/mol. The van der Waals surface area contributed by atoms with Crippen LogP contribution in [-0.2, 0) is 24.8 Å². The molecule has 0 spiro atoms. The van der Waals surface area contributed by atoms with E-state index in [9.17, 15) is 4.79 Å². The lowest BCUT2D eigenvalue weighted by atomic mass is 9.96. The first-order valence-corrected chi connectivity index (χ1v) is 26.1. The summed E-state index contributed by atoms with van der Waals surface area (Å²) in [6.07, 6.45) is 16.7. The second-order valence-corrected chi connectivity index (χ2v) is 28.3. The Morgan fingerprint density at radius 1 is 0.939 bits per heavy atom. The van der Waals surface area contributed by atoms with Gasteiger partial charge in [-0.2, -0.15) is 0 Å². The van der Waals surface area contributed by atoms with Gasteiger partial charge in [0.15, 0.2) is 16.6 Å². The van der Waals surface area contributed by atoms with Gasteiger partial charge in [-0.05, 0) is 96.9 Å². The fourth-order valence-electron chi connectivity index (χ4n) is 5.98. The van der Waals surface area contributed by atoms with Crippen molar-refractivity contribution in [2.24, 2.45) is 11.8 Å². The molecule has 0 saturated heterocycles. The first kappa shape index (κ1) is 44.0. The van der Waals surface area contributed by atoms with Crippen molar-refractivity contribution < 1.29 is 18.4 Å². The third kappa shape index (κ3) is 14.8. The highest BCUT2D eigenvalue weighted by atomic mass is 32.2. The minimum Gasteiger partial charge on any atom is -0.469 e. The minimum atomic E-state index is -2.02. The highest BCUT2D eigenvalue weighted by molar-refractivity contribution is 8.03. The van der Waals surface area contributed by atoms with Crippen LogP contribution in [0.15, 0.2) is 53.0 Å². The van der Waals surface area contributed by atoms with E-state index in [1.165, 1.54) is 36.8 Å². The maximum atomic E-state index is 11.7. The van der Waals surface area contributed by atoms with Crippen molar-refractivity contribution in [1.29, 1.82) is 0 Å². The molecular weight excluding hydrogens is 657 g/mol. The number of methoxy groups -OCH3 is 1. The summed E-state index contributed by atoms with van der Waals surface area (Å²) in [4.78, 5) is 13.2. The van der Waals surface area contributed by atoms with E-state index in [2.05, 4.69) is 124 Å². The molecule has 0 fully saturated rings. The molecule has 4 nitrogen and oxygen atoms in total. The molecule has 1 aromatic rings. The van der Waals surface area contributed by atoms with Crippen LogP contribution < -0.4 is 0 Å². The number of aryl methyl sites for hydroxylation is 1. The average molecular weight is 731 g/mol. The number of thioether (sulfide) groups is 1. The molecule has 1 aliphatic rings. The molecule has 0 radical (unpaired) electrons. The van der Waals surface area contributed by atoms with Crippen molar-refractivity contribution in [2.75, 3.05) is 12.9 Å². The molecule has 4 atom stereocenters. The number of carbonyl (C=O) groups is 1. The molecule has 0 aliphatic heterocycles. The molecule has 0 N–H and O–H groups in total. The van der Waals surface area contributed by atoms with E-state index < -0.39 is 16.6 Å². The molecular formula is C42H74O4SSi2. The van der Waals surface area contributed by atoms with Crippen LogP contribution >= 0.6 is 11.8 Å². The van der Waals surface area contributed by atoms with E-state index in [1.807, 2.05) is 11.8 Å². The Morgan fingerprint density at radius 3 is 2.18 bits per heavy atom. The van der Waals surface area contributed by atoms with Gasteiger partial charge in [0.05, 0.1) is 19.3 Å². The topological polar surface area (TPSA) is 44.8 Å². The van der Waals surface area contributed by atoms with Crippen LogP contribution in [0.1, 0.15) is 125 Å². The number of unbranched alkanes of at least 4 members (excludes halogenated alkanes) is 3. The van der Waals surface area contributed by atoms with E-state index in [0.29, 0.717) is 12.3 Å². The normalized spacial score (nSPS) is 19.1. The van der Waals surface area contributed by atoms with Crippen molar-refractivity contribution in [2.45, 2.75) is 174 Å². The van der Waals surface area contributed by atoms with Crippen LogP contribution in [0.2, 0.25) is 36.3 Å². The van der Waals surface area contributed by atoms with Crippen molar-refractivity contribution in [3.8, 4) is 0 Å². The first-order valence-electron chi connectivity index (χ1n) is 19.3. The van der Waals surface area contributed by atoms with Gasteiger partial charge < -0.3 is 13.6 Å². The molecule has 0 amide bonds. The van der Waals surface area contributed by atoms with E-state index in [1.54, 1.807) is 5.57 Å². The highest BCUT2D eigenvalue weighted by Crippen LogP contribution is 2.48. The van der Waals surface area contributed by atoms with Crippen LogP contribution in [0.5, 0.6) is 0 Å². The smallest absolute Gasteiger partial charge is 0.305 e.